The minimum Gasteiger partial charge on any atom is -0.494 e. The van der Waals surface area contributed by atoms with Gasteiger partial charge in [-0.1, -0.05) is 18.5 Å². The van der Waals surface area contributed by atoms with Crippen LogP contribution in [0.4, 0.5) is 0 Å². The summed E-state index contributed by atoms with van der Waals surface area (Å²) in [7, 11) is 0. The first-order valence-electron chi connectivity index (χ1n) is 8.12. The van der Waals surface area contributed by atoms with Crippen LogP contribution in [0.1, 0.15) is 32.6 Å². The lowest BCUT2D eigenvalue weighted by Crippen LogP contribution is -2.44. The van der Waals surface area contributed by atoms with Crippen LogP contribution in [-0.2, 0) is 0 Å². The Morgan fingerprint density at radius 3 is 2.57 bits per heavy atom. The van der Waals surface area contributed by atoms with Crippen molar-refractivity contribution in [3.8, 4) is 5.75 Å². The van der Waals surface area contributed by atoms with Crippen LogP contribution in [0, 0.1) is 0 Å². The second-order valence-corrected chi connectivity index (χ2v) is 6.11. The molecule has 1 saturated heterocycles. The third kappa shape index (κ3) is 5.85. The number of benzene rings is 1. The summed E-state index contributed by atoms with van der Waals surface area (Å²) in [5.74, 6) is 0.906. The van der Waals surface area contributed by atoms with Gasteiger partial charge in [0.25, 0.3) is 0 Å². The quantitative estimate of drug-likeness (QED) is 0.743. The van der Waals surface area contributed by atoms with Gasteiger partial charge in [0.15, 0.2) is 0 Å². The van der Waals surface area contributed by atoms with E-state index in [1.165, 1.54) is 25.8 Å². The highest BCUT2D eigenvalue weighted by Crippen LogP contribution is 2.16. The molecule has 0 aliphatic carbocycles. The summed E-state index contributed by atoms with van der Waals surface area (Å²) in [6.45, 7) is 7.68. The molecule has 21 heavy (non-hydrogen) atoms. The molecule has 1 aromatic rings. The fourth-order valence-electron chi connectivity index (χ4n) is 2.92. The normalized spacial score (nSPS) is 16.3. The molecule has 1 heterocycles. The van der Waals surface area contributed by atoms with Crippen molar-refractivity contribution < 1.29 is 4.74 Å². The van der Waals surface area contributed by atoms with Crippen LogP contribution in [0.15, 0.2) is 24.3 Å². The second-order valence-electron chi connectivity index (χ2n) is 5.67. The maximum absolute atomic E-state index is 5.87. The van der Waals surface area contributed by atoms with Crippen LogP contribution in [0.25, 0.3) is 0 Å². The predicted molar refractivity (Wildman–Crippen MR) is 89.3 cm³/mol. The molecular formula is C17H27ClN2O. The summed E-state index contributed by atoms with van der Waals surface area (Å²) in [5, 5.41) is 4.20. The maximum Gasteiger partial charge on any atom is 0.119 e. The monoisotopic (exact) mass is 310 g/mol. The molecule has 2 rings (SSSR count). The summed E-state index contributed by atoms with van der Waals surface area (Å²) in [4.78, 5) is 2.64. The molecule has 118 valence electrons. The van der Waals surface area contributed by atoms with Crippen LogP contribution in [0.5, 0.6) is 5.75 Å². The average molecular weight is 311 g/mol. The van der Waals surface area contributed by atoms with Gasteiger partial charge in [-0.3, -0.25) is 0 Å². The molecule has 0 amide bonds. The fourth-order valence-corrected chi connectivity index (χ4v) is 3.05. The van der Waals surface area contributed by atoms with E-state index in [9.17, 15) is 0 Å². The van der Waals surface area contributed by atoms with E-state index in [0.717, 1.165) is 49.5 Å². The first-order chi connectivity index (χ1) is 10.3. The lowest BCUT2D eigenvalue weighted by molar-refractivity contribution is 0.150. The van der Waals surface area contributed by atoms with Crippen molar-refractivity contribution in [2.45, 2.75) is 38.6 Å². The van der Waals surface area contributed by atoms with Crippen molar-refractivity contribution in [3.05, 3.63) is 29.3 Å². The first-order valence-corrected chi connectivity index (χ1v) is 8.50. The molecule has 1 aliphatic rings. The minimum absolute atomic E-state index is 0.752. The van der Waals surface area contributed by atoms with Crippen LogP contribution in [0.3, 0.4) is 0 Å². The van der Waals surface area contributed by atoms with E-state index in [1.807, 2.05) is 24.3 Å². The average Bonchev–Trinajstić information content (AvgIpc) is 2.53. The molecule has 1 N–H and O–H groups in total. The predicted octanol–water partition coefficient (Wildman–Crippen LogP) is 3.57. The molecule has 1 aliphatic heterocycles. The molecule has 0 saturated carbocycles. The number of piperidine rings is 1. The highest BCUT2D eigenvalue weighted by atomic mass is 35.5. The van der Waals surface area contributed by atoms with Gasteiger partial charge in [-0.2, -0.15) is 0 Å². The molecule has 0 bridgehead atoms. The molecule has 0 unspecified atom stereocenters. The molecule has 0 atom stereocenters. The summed E-state index contributed by atoms with van der Waals surface area (Å²) >= 11 is 5.87. The van der Waals surface area contributed by atoms with Gasteiger partial charge in [-0.25, -0.2) is 0 Å². The van der Waals surface area contributed by atoms with Gasteiger partial charge in [0.05, 0.1) is 6.61 Å². The molecule has 0 radical (unpaired) electrons. The second kappa shape index (κ2) is 9.29. The van der Waals surface area contributed by atoms with Gasteiger partial charge in [0.1, 0.15) is 5.75 Å². The molecule has 1 fully saturated rings. The van der Waals surface area contributed by atoms with Crippen molar-refractivity contribution in [3.63, 3.8) is 0 Å². The Labute approximate surface area is 133 Å². The molecule has 1 aromatic carbocycles. The van der Waals surface area contributed by atoms with E-state index in [0.29, 0.717) is 0 Å². The van der Waals surface area contributed by atoms with Crippen LogP contribution < -0.4 is 10.1 Å². The number of nitrogens with zero attached hydrogens (tertiary/aromatic N) is 1. The fraction of sp³-hybridized carbons (Fsp3) is 0.647. The molecule has 0 spiro atoms. The van der Waals surface area contributed by atoms with Gasteiger partial charge in [0, 0.05) is 17.6 Å². The zero-order chi connectivity index (χ0) is 14.9. The highest BCUT2D eigenvalue weighted by Gasteiger charge is 2.19. The summed E-state index contributed by atoms with van der Waals surface area (Å²) in [6, 6.07) is 8.35. The first kappa shape index (κ1) is 16.6. The number of hydrogen-bond acceptors (Lipinski definition) is 3. The van der Waals surface area contributed by atoms with Gasteiger partial charge in [0.2, 0.25) is 0 Å². The Kier molecular flexibility index (Phi) is 7.34. The molecular weight excluding hydrogens is 284 g/mol. The topological polar surface area (TPSA) is 24.5 Å². The van der Waals surface area contributed by atoms with E-state index < -0.39 is 0 Å². The van der Waals surface area contributed by atoms with E-state index in [1.54, 1.807) is 0 Å². The summed E-state index contributed by atoms with van der Waals surface area (Å²) < 4.78 is 5.78. The molecule has 3 nitrogen and oxygen atoms in total. The van der Waals surface area contributed by atoms with Gasteiger partial charge in [-0.05, 0) is 69.6 Å². The van der Waals surface area contributed by atoms with E-state index >= 15 is 0 Å². The van der Waals surface area contributed by atoms with E-state index in [-0.39, 0.29) is 0 Å². The lowest BCUT2D eigenvalue weighted by atomic mass is 10.0. The van der Waals surface area contributed by atoms with Gasteiger partial charge in [-0.15, -0.1) is 0 Å². The van der Waals surface area contributed by atoms with Crippen molar-refractivity contribution in [1.82, 2.24) is 10.2 Å². The highest BCUT2D eigenvalue weighted by molar-refractivity contribution is 6.30. The largest absolute Gasteiger partial charge is 0.494 e. The number of ether oxygens (including phenoxy) is 1. The number of hydrogen-bond donors (Lipinski definition) is 1. The summed E-state index contributed by atoms with van der Waals surface area (Å²) in [6.07, 6.45) is 4.85. The zero-order valence-electron chi connectivity index (χ0n) is 13.0. The van der Waals surface area contributed by atoms with Crippen LogP contribution in [0.2, 0.25) is 5.02 Å². The molecule has 0 aromatic heterocycles. The number of halogens is 1. The molecule has 4 heteroatoms. The van der Waals surface area contributed by atoms with Crippen molar-refractivity contribution in [2.75, 3.05) is 32.8 Å². The van der Waals surface area contributed by atoms with Crippen LogP contribution in [-0.4, -0.2) is 43.7 Å². The van der Waals surface area contributed by atoms with Crippen molar-refractivity contribution in [2.24, 2.45) is 0 Å². The Morgan fingerprint density at radius 1 is 1.19 bits per heavy atom. The van der Waals surface area contributed by atoms with Crippen molar-refractivity contribution >= 4 is 11.6 Å². The Morgan fingerprint density at radius 2 is 1.90 bits per heavy atom. The SMILES string of the molecule is CCCN(CCCOc1ccc(Cl)cc1)C1CCNCC1. The minimum atomic E-state index is 0.752. The van der Waals surface area contributed by atoms with Gasteiger partial charge >= 0.3 is 0 Å². The maximum atomic E-state index is 5.87. The number of nitrogens with one attached hydrogen (secondary N) is 1. The van der Waals surface area contributed by atoms with E-state index in [4.69, 9.17) is 16.3 Å². The summed E-state index contributed by atoms with van der Waals surface area (Å²) in [5.41, 5.74) is 0. The Hall–Kier alpha value is -0.770. The van der Waals surface area contributed by atoms with Crippen LogP contribution >= 0.6 is 11.6 Å². The standard InChI is InChI=1S/C17H27ClN2O/c1-2-12-20(16-8-10-19-11-9-16)13-3-14-21-17-6-4-15(18)5-7-17/h4-7,16,19H,2-3,8-14H2,1H3. The Bertz CT molecular complexity index is 390. The number of rotatable bonds is 8. The third-order valence-corrected chi connectivity index (χ3v) is 4.26. The lowest BCUT2D eigenvalue weighted by Gasteiger charge is -2.34. The third-order valence-electron chi connectivity index (χ3n) is 4.01. The van der Waals surface area contributed by atoms with Gasteiger partial charge < -0.3 is 15.0 Å². The van der Waals surface area contributed by atoms with E-state index in [2.05, 4.69) is 17.1 Å². The van der Waals surface area contributed by atoms with Crippen molar-refractivity contribution in [1.29, 1.82) is 0 Å². The zero-order valence-corrected chi connectivity index (χ0v) is 13.7. The smallest absolute Gasteiger partial charge is 0.119 e. The Balaban J connectivity index is 1.70.